The topological polar surface area (TPSA) is 0 Å². The molecule has 0 aliphatic carbocycles. The summed E-state index contributed by atoms with van der Waals surface area (Å²) in [7, 11) is 0. The third kappa shape index (κ3) is 2.30. The zero-order valence-corrected chi connectivity index (χ0v) is 8.06. The van der Waals surface area contributed by atoms with Crippen LogP contribution in [0.3, 0.4) is 0 Å². The molecule has 0 aromatic carbocycles. The molecular weight excluding hydrogens is 274 g/mol. The molecule has 0 bridgehead atoms. The lowest BCUT2D eigenvalue weighted by Gasteiger charge is -2.34. The van der Waals surface area contributed by atoms with Crippen molar-refractivity contribution in [1.82, 2.24) is 0 Å². The molecule has 10 heteroatoms. The van der Waals surface area contributed by atoms with Crippen LogP contribution < -0.4 is 0 Å². The molecule has 1 unspecified atom stereocenters. The molecule has 0 nitrogen and oxygen atoms in total. The Morgan fingerprint density at radius 1 is 0.765 bits per heavy atom. The zero-order valence-electron chi connectivity index (χ0n) is 8.06. The van der Waals surface area contributed by atoms with Crippen LogP contribution in [0.4, 0.5) is 43.9 Å². The van der Waals surface area contributed by atoms with Crippen LogP contribution in [0, 0.1) is 0 Å². The van der Waals surface area contributed by atoms with Crippen molar-refractivity contribution < 1.29 is 43.9 Å². The predicted octanol–water partition coefficient (Wildman–Crippen LogP) is 4.20. The van der Waals surface area contributed by atoms with E-state index in [9.17, 15) is 43.9 Å². The largest absolute Gasteiger partial charge is 0.460 e. The first kappa shape index (κ1) is 16.3. The van der Waals surface area contributed by atoms with E-state index in [0.717, 1.165) is 0 Å². The van der Waals surface area contributed by atoms with Crippen LogP contribution >= 0.6 is 0 Å². The fourth-order valence-electron chi connectivity index (χ4n) is 0.840. The molecule has 0 aliphatic rings. The number of halogens is 10. The average molecular weight is 280 g/mol. The van der Waals surface area contributed by atoms with Gasteiger partial charge in [0.1, 0.15) is 0 Å². The van der Waals surface area contributed by atoms with Crippen LogP contribution in [-0.4, -0.2) is 30.1 Å². The highest BCUT2D eigenvalue weighted by molar-refractivity contribution is 5.03. The molecule has 0 saturated carbocycles. The molecule has 0 aromatic rings. The lowest BCUT2D eigenvalue weighted by molar-refractivity contribution is -0.402. The Kier molecular flexibility index (Phi) is 4.03. The van der Waals surface area contributed by atoms with Crippen molar-refractivity contribution in [2.45, 2.75) is 43.5 Å². The molecule has 0 aromatic heterocycles. The van der Waals surface area contributed by atoms with E-state index in [1.807, 2.05) is 0 Å². The van der Waals surface area contributed by atoms with E-state index in [1.165, 1.54) is 0 Å². The third-order valence-corrected chi connectivity index (χ3v) is 1.92. The van der Waals surface area contributed by atoms with Gasteiger partial charge in [-0.15, -0.1) is 0 Å². The van der Waals surface area contributed by atoms with Gasteiger partial charge in [0.25, 0.3) is 0 Å². The van der Waals surface area contributed by atoms with Gasteiger partial charge in [0, 0.05) is 0 Å². The Bertz CT molecular complexity index is 264. The Morgan fingerprint density at radius 2 is 1.12 bits per heavy atom. The Labute approximate surface area is 88.6 Å². The Balaban J connectivity index is 5.55. The van der Waals surface area contributed by atoms with Gasteiger partial charge < -0.3 is 0 Å². The van der Waals surface area contributed by atoms with Crippen molar-refractivity contribution in [2.75, 3.05) is 0 Å². The van der Waals surface area contributed by atoms with Gasteiger partial charge in [-0.05, 0) is 6.42 Å². The van der Waals surface area contributed by atoms with E-state index in [2.05, 4.69) is 0 Å². The van der Waals surface area contributed by atoms with E-state index in [1.54, 1.807) is 0 Å². The molecule has 1 atom stereocenters. The normalized spacial score (nSPS) is 17.1. The lowest BCUT2D eigenvalue weighted by atomic mass is 9.98. The average Bonchev–Trinajstić information content (AvgIpc) is 2.13. The molecule has 0 saturated heterocycles. The molecule has 0 aliphatic heterocycles. The van der Waals surface area contributed by atoms with Gasteiger partial charge in [0.2, 0.25) is 0 Å². The maximum atomic E-state index is 12.5. The third-order valence-electron chi connectivity index (χ3n) is 1.92. The number of hydrogen-bond acceptors (Lipinski definition) is 0. The minimum Gasteiger partial charge on any atom is -0.241 e. The van der Waals surface area contributed by atoms with Crippen LogP contribution in [0.15, 0.2) is 0 Å². The summed E-state index contributed by atoms with van der Waals surface area (Å²) in [6, 6.07) is 0. The highest BCUT2D eigenvalue weighted by Crippen LogP contribution is 2.54. The predicted molar refractivity (Wildman–Crippen MR) is 36.1 cm³/mol. The summed E-state index contributed by atoms with van der Waals surface area (Å²) in [6.07, 6.45) is -12.1. The second-order valence-corrected chi connectivity index (χ2v) is 3.15. The van der Waals surface area contributed by atoms with Crippen LogP contribution in [0.25, 0.3) is 0 Å². The Hall–Kier alpha value is -0.700. The van der Waals surface area contributed by atoms with Crippen LogP contribution in [0.5, 0.6) is 0 Å². The fraction of sp³-hybridized carbons (Fsp3) is 1.00. The van der Waals surface area contributed by atoms with Crippen molar-refractivity contribution in [3.05, 3.63) is 0 Å². The first-order valence-electron chi connectivity index (χ1n) is 4.07. The van der Waals surface area contributed by atoms with Crippen LogP contribution in [-0.2, 0) is 0 Å². The van der Waals surface area contributed by atoms with Gasteiger partial charge in [-0.2, -0.15) is 39.5 Å². The molecular formula is C7H6F10. The van der Waals surface area contributed by atoms with Gasteiger partial charge in [-0.1, -0.05) is 6.92 Å². The lowest BCUT2D eigenvalue weighted by Crippen LogP contribution is -2.63. The first-order chi connectivity index (χ1) is 7.23. The second kappa shape index (κ2) is 4.20. The van der Waals surface area contributed by atoms with Gasteiger partial charge >= 0.3 is 23.9 Å². The van der Waals surface area contributed by atoms with Gasteiger partial charge in [0.15, 0.2) is 6.17 Å². The molecule has 0 fully saturated rings. The van der Waals surface area contributed by atoms with Gasteiger partial charge in [0.05, 0.1) is 0 Å². The monoisotopic (exact) mass is 280 g/mol. The summed E-state index contributed by atoms with van der Waals surface area (Å²) in [5.74, 6) is -20.0. The quantitative estimate of drug-likeness (QED) is 0.677. The summed E-state index contributed by atoms with van der Waals surface area (Å²) < 4.78 is 121. The van der Waals surface area contributed by atoms with Crippen LogP contribution in [0.1, 0.15) is 13.3 Å². The Morgan fingerprint density at radius 3 is 1.35 bits per heavy atom. The summed E-state index contributed by atoms with van der Waals surface area (Å²) in [6.45, 7) is 0.598. The van der Waals surface area contributed by atoms with Crippen molar-refractivity contribution in [3.63, 3.8) is 0 Å². The highest BCUT2D eigenvalue weighted by Gasteiger charge is 2.83. The SMILES string of the molecule is CCC(F)C(F)(F)C(F)(F)C(F)(F)C(F)(F)F. The smallest absolute Gasteiger partial charge is 0.241 e. The number of rotatable bonds is 4. The maximum Gasteiger partial charge on any atom is 0.460 e. The molecule has 104 valence electrons. The molecule has 0 radical (unpaired) electrons. The fourth-order valence-corrected chi connectivity index (χ4v) is 0.840. The summed E-state index contributed by atoms with van der Waals surface area (Å²) >= 11 is 0. The second-order valence-electron chi connectivity index (χ2n) is 3.15. The maximum absolute atomic E-state index is 12.5. The van der Waals surface area contributed by atoms with Crippen molar-refractivity contribution >= 4 is 0 Å². The first-order valence-corrected chi connectivity index (χ1v) is 4.07. The molecule has 0 N–H and O–H groups in total. The van der Waals surface area contributed by atoms with E-state index in [0.29, 0.717) is 6.92 Å². The zero-order chi connectivity index (χ0) is 14.3. The van der Waals surface area contributed by atoms with Crippen molar-refractivity contribution in [1.29, 1.82) is 0 Å². The minimum atomic E-state index is -7.02. The molecule has 17 heavy (non-hydrogen) atoms. The van der Waals surface area contributed by atoms with Gasteiger partial charge in [-0.3, -0.25) is 0 Å². The van der Waals surface area contributed by atoms with E-state index in [-0.39, 0.29) is 0 Å². The summed E-state index contributed by atoms with van der Waals surface area (Å²) in [5.41, 5.74) is 0. The van der Waals surface area contributed by atoms with Gasteiger partial charge in [-0.25, -0.2) is 4.39 Å². The summed E-state index contributed by atoms with van der Waals surface area (Å²) in [5, 5.41) is 0. The van der Waals surface area contributed by atoms with Crippen molar-refractivity contribution in [2.24, 2.45) is 0 Å². The van der Waals surface area contributed by atoms with E-state index >= 15 is 0 Å². The van der Waals surface area contributed by atoms with E-state index in [4.69, 9.17) is 0 Å². The minimum absolute atomic E-state index is 0.598. The standard InChI is InChI=1S/C7H6F10/c1-2-3(8)4(9,10)5(11,12)6(13,14)7(15,16)17/h3H,2H2,1H3. The molecule has 0 heterocycles. The summed E-state index contributed by atoms with van der Waals surface area (Å²) in [4.78, 5) is 0. The van der Waals surface area contributed by atoms with E-state index < -0.39 is 36.5 Å². The number of hydrogen-bond donors (Lipinski definition) is 0. The molecule has 0 spiro atoms. The highest BCUT2D eigenvalue weighted by atomic mass is 19.4. The number of alkyl halides is 10. The van der Waals surface area contributed by atoms with Crippen LogP contribution in [0.2, 0.25) is 0 Å². The molecule has 0 amide bonds. The van der Waals surface area contributed by atoms with Crippen molar-refractivity contribution in [3.8, 4) is 0 Å². The molecule has 0 rings (SSSR count).